The van der Waals surface area contributed by atoms with E-state index in [9.17, 15) is 0 Å². The van der Waals surface area contributed by atoms with Gasteiger partial charge in [-0.2, -0.15) is 0 Å². The van der Waals surface area contributed by atoms with E-state index in [1.165, 1.54) is 12.1 Å². The number of nitrogens with one attached hydrogen (secondary N) is 3. The van der Waals surface area contributed by atoms with E-state index in [-0.39, 0.29) is 0 Å². The monoisotopic (exact) mass is 185 g/mol. The van der Waals surface area contributed by atoms with Crippen LogP contribution in [0.25, 0.3) is 0 Å². The summed E-state index contributed by atoms with van der Waals surface area (Å²) in [7, 11) is 0. The van der Waals surface area contributed by atoms with Crippen LogP contribution in [0.1, 0.15) is 5.56 Å². The van der Waals surface area contributed by atoms with Gasteiger partial charge < -0.3 is 0 Å². The highest BCUT2D eigenvalue weighted by atomic mass is 16.5. The largest absolute Gasteiger partial charge is 0.291 e. The molecular weight excluding hydrogens is 174 g/mol. The summed E-state index contributed by atoms with van der Waals surface area (Å²) in [4.78, 5) is 0. The Morgan fingerprint density at radius 1 is 0.923 bits per heavy atom. The lowest BCUT2D eigenvalue weighted by Gasteiger charge is -2.11. The SMILES string of the molecule is Cc1c(NO)cc(NO)cc1NO. The van der Waals surface area contributed by atoms with Gasteiger partial charge in [0.2, 0.25) is 0 Å². The quantitative estimate of drug-likeness (QED) is 0.398. The Morgan fingerprint density at radius 2 is 1.38 bits per heavy atom. The predicted octanol–water partition coefficient (Wildman–Crippen LogP) is 1.40. The average Bonchev–Trinajstić information content (AvgIpc) is 2.18. The van der Waals surface area contributed by atoms with Gasteiger partial charge in [-0.3, -0.25) is 32.1 Å². The molecule has 1 aromatic carbocycles. The fraction of sp³-hybridized carbons (Fsp3) is 0.143. The Balaban J connectivity index is 3.20. The Hall–Kier alpha value is -1.50. The smallest absolute Gasteiger partial charge is 0.0674 e. The van der Waals surface area contributed by atoms with Gasteiger partial charge in [-0.15, -0.1) is 0 Å². The third kappa shape index (κ3) is 1.81. The van der Waals surface area contributed by atoms with Crippen LogP contribution < -0.4 is 16.4 Å². The molecule has 0 aromatic heterocycles. The molecule has 72 valence electrons. The normalized spacial score (nSPS) is 9.54. The van der Waals surface area contributed by atoms with E-state index in [4.69, 9.17) is 15.6 Å². The Labute approximate surface area is 74.7 Å². The van der Waals surface area contributed by atoms with Crippen LogP contribution in [0.5, 0.6) is 0 Å². The molecule has 0 atom stereocenters. The van der Waals surface area contributed by atoms with Crippen LogP contribution in [0.4, 0.5) is 17.1 Å². The fourth-order valence-corrected chi connectivity index (χ4v) is 1.01. The lowest BCUT2D eigenvalue weighted by molar-refractivity contribution is 0.381. The zero-order valence-corrected chi connectivity index (χ0v) is 7.00. The zero-order valence-electron chi connectivity index (χ0n) is 7.00. The molecule has 6 heteroatoms. The summed E-state index contributed by atoms with van der Waals surface area (Å²) < 4.78 is 0. The van der Waals surface area contributed by atoms with Crippen molar-refractivity contribution in [3.8, 4) is 0 Å². The van der Waals surface area contributed by atoms with Crippen LogP contribution in [0.3, 0.4) is 0 Å². The summed E-state index contributed by atoms with van der Waals surface area (Å²) in [5, 5.41) is 26.0. The van der Waals surface area contributed by atoms with Gasteiger partial charge >= 0.3 is 0 Å². The molecule has 0 fully saturated rings. The van der Waals surface area contributed by atoms with Crippen molar-refractivity contribution in [3.05, 3.63) is 17.7 Å². The topological polar surface area (TPSA) is 96.8 Å². The summed E-state index contributed by atoms with van der Waals surface area (Å²) in [6, 6.07) is 2.96. The van der Waals surface area contributed by atoms with Gasteiger partial charge in [0.1, 0.15) is 0 Å². The molecule has 0 saturated heterocycles. The minimum absolute atomic E-state index is 0.346. The molecule has 1 rings (SSSR count). The van der Waals surface area contributed by atoms with Crippen LogP contribution in [0.15, 0.2) is 12.1 Å². The first-order valence-corrected chi connectivity index (χ1v) is 3.58. The van der Waals surface area contributed by atoms with Gasteiger partial charge in [0.15, 0.2) is 0 Å². The molecule has 0 spiro atoms. The Bertz CT molecular complexity index is 278. The molecular formula is C7H11N3O3. The van der Waals surface area contributed by atoms with Crippen LogP contribution in [-0.2, 0) is 0 Å². The maximum absolute atomic E-state index is 8.69. The number of hydrogen-bond acceptors (Lipinski definition) is 6. The minimum atomic E-state index is 0.346. The van der Waals surface area contributed by atoms with Crippen LogP contribution in [-0.4, -0.2) is 15.6 Å². The van der Waals surface area contributed by atoms with Crippen LogP contribution in [0.2, 0.25) is 0 Å². The number of benzene rings is 1. The summed E-state index contributed by atoms with van der Waals surface area (Å²) in [6.45, 7) is 1.69. The molecule has 6 nitrogen and oxygen atoms in total. The maximum Gasteiger partial charge on any atom is 0.0674 e. The highest BCUT2D eigenvalue weighted by Gasteiger charge is 2.05. The predicted molar refractivity (Wildman–Crippen MR) is 47.4 cm³/mol. The third-order valence-corrected chi connectivity index (χ3v) is 1.78. The minimum Gasteiger partial charge on any atom is -0.291 e. The zero-order chi connectivity index (χ0) is 9.84. The van der Waals surface area contributed by atoms with Crippen molar-refractivity contribution in [2.45, 2.75) is 6.92 Å². The molecule has 0 amide bonds. The maximum atomic E-state index is 8.69. The second kappa shape index (κ2) is 3.94. The van der Waals surface area contributed by atoms with Gasteiger partial charge in [-0.1, -0.05) is 0 Å². The molecule has 6 N–H and O–H groups in total. The molecule has 0 aliphatic heterocycles. The molecule has 0 aliphatic rings. The van der Waals surface area contributed by atoms with Crippen molar-refractivity contribution < 1.29 is 15.6 Å². The van der Waals surface area contributed by atoms with E-state index < -0.39 is 0 Å². The molecule has 0 radical (unpaired) electrons. The molecule has 0 aliphatic carbocycles. The third-order valence-electron chi connectivity index (χ3n) is 1.78. The molecule has 0 saturated carbocycles. The first kappa shape index (κ1) is 9.59. The van der Waals surface area contributed by atoms with Crippen molar-refractivity contribution in [2.24, 2.45) is 0 Å². The van der Waals surface area contributed by atoms with Crippen molar-refractivity contribution >= 4 is 17.1 Å². The molecule has 13 heavy (non-hydrogen) atoms. The molecule has 0 unspecified atom stereocenters. The highest BCUT2D eigenvalue weighted by Crippen LogP contribution is 2.27. The van der Waals surface area contributed by atoms with E-state index in [1.807, 2.05) is 16.4 Å². The first-order chi connectivity index (χ1) is 6.22. The summed E-state index contributed by atoms with van der Waals surface area (Å²) in [6.07, 6.45) is 0. The van der Waals surface area contributed by atoms with Gasteiger partial charge in [0, 0.05) is 5.56 Å². The van der Waals surface area contributed by atoms with Crippen LogP contribution in [0, 0.1) is 6.92 Å². The lowest BCUT2D eigenvalue weighted by Crippen LogP contribution is -2.01. The van der Waals surface area contributed by atoms with Gasteiger partial charge in [0.25, 0.3) is 0 Å². The Kier molecular flexibility index (Phi) is 2.91. The van der Waals surface area contributed by atoms with Gasteiger partial charge in [-0.05, 0) is 19.1 Å². The summed E-state index contributed by atoms with van der Waals surface area (Å²) >= 11 is 0. The van der Waals surface area contributed by atoms with E-state index >= 15 is 0 Å². The Morgan fingerprint density at radius 3 is 1.69 bits per heavy atom. The van der Waals surface area contributed by atoms with Crippen molar-refractivity contribution in [2.75, 3.05) is 16.4 Å². The number of anilines is 3. The van der Waals surface area contributed by atoms with Crippen LogP contribution >= 0.6 is 0 Å². The van der Waals surface area contributed by atoms with Gasteiger partial charge in [0.05, 0.1) is 17.1 Å². The summed E-state index contributed by atoms with van der Waals surface area (Å²) in [5.41, 5.74) is 7.53. The fourth-order valence-electron chi connectivity index (χ4n) is 1.01. The van der Waals surface area contributed by atoms with E-state index in [1.54, 1.807) is 6.92 Å². The first-order valence-electron chi connectivity index (χ1n) is 3.58. The molecule has 0 heterocycles. The van der Waals surface area contributed by atoms with Crippen molar-refractivity contribution in [1.29, 1.82) is 0 Å². The summed E-state index contributed by atoms with van der Waals surface area (Å²) in [5.74, 6) is 0. The lowest BCUT2D eigenvalue weighted by atomic mass is 10.1. The van der Waals surface area contributed by atoms with E-state index in [0.29, 0.717) is 22.6 Å². The highest BCUT2D eigenvalue weighted by molar-refractivity contribution is 5.71. The van der Waals surface area contributed by atoms with E-state index in [0.717, 1.165) is 0 Å². The van der Waals surface area contributed by atoms with Crippen molar-refractivity contribution in [1.82, 2.24) is 0 Å². The molecule has 0 bridgehead atoms. The standard InChI is InChI=1S/C7H11N3O3/c1-4-6(9-12)2-5(8-11)3-7(4)10-13/h2-3,8-13H,1H3. The van der Waals surface area contributed by atoms with Gasteiger partial charge in [-0.25, -0.2) is 0 Å². The van der Waals surface area contributed by atoms with E-state index in [2.05, 4.69) is 0 Å². The second-order valence-electron chi connectivity index (χ2n) is 2.53. The van der Waals surface area contributed by atoms with Crippen molar-refractivity contribution in [3.63, 3.8) is 0 Å². The molecule has 1 aromatic rings. The number of rotatable bonds is 3. The second-order valence-corrected chi connectivity index (χ2v) is 2.53. The average molecular weight is 185 g/mol. The number of hydrogen-bond donors (Lipinski definition) is 6.